The van der Waals surface area contributed by atoms with Gasteiger partial charge in [0.05, 0.1) is 7.11 Å². The van der Waals surface area contributed by atoms with Gasteiger partial charge in [-0.05, 0) is 29.7 Å². The molecule has 0 radical (unpaired) electrons. The van der Waals surface area contributed by atoms with Crippen LogP contribution < -0.4 is 14.8 Å². The number of rotatable bonds is 7. The summed E-state index contributed by atoms with van der Waals surface area (Å²) >= 11 is 0. The molecule has 0 bridgehead atoms. The molecule has 7 heteroatoms. The van der Waals surface area contributed by atoms with Crippen molar-refractivity contribution in [1.82, 2.24) is 4.90 Å². The quantitative estimate of drug-likeness (QED) is 0.786. The van der Waals surface area contributed by atoms with E-state index >= 15 is 0 Å². The number of hydrogen-bond acceptors (Lipinski definition) is 3. The molecule has 0 aliphatic carbocycles. The number of ether oxygens (including phenoxy) is 2. The van der Waals surface area contributed by atoms with E-state index in [0.717, 1.165) is 12.0 Å². The van der Waals surface area contributed by atoms with Gasteiger partial charge in [-0.25, -0.2) is 4.79 Å². The highest BCUT2D eigenvalue weighted by atomic mass is 19.3. The van der Waals surface area contributed by atoms with E-state index in [1.807, 2.05) is 24.3 Å². The molecule has 26 heavy (non-hydrogen) atoms. The number of carbonyl (C=O) groups is 1. The first kappa shape index (κ1) is 19.5. The van der Waals surface area contributed by atoms with Crippen LogP contribution in [0.25, 0.3) is 0 Å². The minimum atomic E-state index is -2.98. The van der Waals surface area contributed by atoms with Crippen molar-refractivity contribution in [3.63, 3.8) is 0 Å². The summed E-state index contributed by atoms with van der Waals surface area (Å²) in [6.45, 7) is -0.481. The Labute approximate surface area is 151 Å². The Morgan fingerprint density at radius 3 is 2.35 bits per heavy atom. The molecule has 0 aliphatic heterocycles. The molecule has 0 spiro atoms. The Hall–Kier alpha value is -2.83. The fraction of sp³-hybridized carbons (Fsp3) is 0.316. The van der Waals surface area contributed by atoms with Crippen LogP contribution in [0.3, 0.4) is 0 Å². The van der Waals surface area contributed by atoms with Crippen LogP contribution in [0.15, 0.2) is 42.5 Å². The molecule has 0 saturated heterocycles. The smallest absolute Gasteiger partial charge is 0.387 e. The summed E-state index contributed by atoms with van der Waals surface area (Å²) in [5, 5.41) is 2.66. The van der Waals surface area contributed by atoms with Crippen LogP contribution in [0.2, 0.25) is 0 Å². The predicted molar refractivity (Wildman–Crippen MR) is 95.9 cm³/mol. The number of benzene rings is 2. The van der Waals surface area contributed by atoms with Gasteiger partial charge in [-0.1, -0.05) is 31.2 Å². The highest BCUT2D eigenvalue weighted by molar-refractivity contribution is 5.89. The monoisotopic (exact) mass is 364 g/mol. The maximum Gasteiger partial charge on any atom is 0.387 e. The number of urea groups is 1. The zero-order valence-corrected chi connectivity index (χ0v) is 15.0. The van der Waals surface area contributed by atoms with E-state index < -0.39 is 6.61 Å². The van der Waals surface area contributed by atoms with Crippen LogP contribution in [-0.4, -0.2) is 31.7 Å². The predicted octanol–water partition coefficient (Wildman–Crippen LogP) is 4.52. The molecule has 1 N–H and O–H groups in total. The summed E-state index contributed by atoms with van der Waals surface area (Å²) in [5.41, 5.74) is 2.56. The van der Waals surface area contributed by atoms with E-state index in [1.165, 1.54) is 29.7 Å². The summed E-state index contributed by atoms with van der Waals surface area (Å²) in [5.74, 6) is 0.0192. The Balaban J connectivity index is 2.03. The second-order valence-electron chi connectivity index (χ2n) is 5.70. The summed E-state index contributed by atoms with van der Waals surface area (Å²) in [6.07, 6.45) is 0.955. The van der Waals surface area contributed by atoms with Crippen molar-refractivity contribution in [3.05, 3.63) is 53.6 Å². The number of methoxy groups -OCH3 is 1. The minimum absolute atomic E-state index is 0.141. The molecule has 2 aromatic carbocycles. The van der Waals surface area contributed by atoms with Crippen molar-refractivity contribution >= 4 is 11.7 Å². The molecule has 0 fully saturated rings. The minimum Gasteiger partial charge on any atom is -0.493 e. The topological polar surface area (TPSA) is 50.8 Å². The van der Waals surface area contributed by atoms with Crippen LogP contribution in [-0.2, 0) is 13.0 Å². The third-order valence-corrected chi connectivity index (χ3v) is 3.83. The molecule has 0 aromatic heterocycles. The van der Waals surface area contributed by atoms with Gasteiger partial charge in [0, 0.05) is 25.3 Å². The maximum absolute atomic E-state index is 12.5. The summed E-state index contributed by atoms with van der Waals surface area (Å²) in [4.78, 5) is 13.8. The molecule has 5 nitrogen and oxygen atoms in total. The Kier molecular flexibility index (Phi) is 6.77. The van der Waals surface area contributed by atoms with Crippen molar-refractivity contribution in [1.29, 1.82) is 0 Å². The Bertz CT molecular complexity index is 736. The number of alkyl halides is 2. The van der Waals surface area contributed by atoms with Crippen LogP contribution in [0.5, 0.6) is 11.5 Å². The van der Waals surface area contributed by atoms with E-state index in [1.54, 1.807) is 13.1 Å². The zero-order chi connectivity index (χ0) is 19.1. The van der Waals surface area contributed by atoms with Gasteiger partial charge < -0.3 is 19.7 Å². The molecular formula is C19H22F2N2O3. The second-order valence-corrected chi connectivity index (χ2v) is 5.70. The van der Waals surface area contributed by atoms with Crippen molar-refractivity contribution in [3.8, 4) is 11.5 Å². The fourth-order valence-corrected chi connectivity index (χ4v) is 2.39. The number of amides is 2. The molecule has 2 aromatic rings. The van der Waals surface area contributed by atoms with Gasteiger partial charge in [0.15, 0.2) is 11.5 Å². The molecule has 2 rings (SSSR count). The standard InChI is InChI=1S/C19H22F2N2O3/c1-4-13-5-7-14(8-6-13)12-23(2)19(24)22-15-9-10-16(25-3)17(11-15)26-18(20)21/h5-11,18H,4,12H2,1-3H3,(H,22,24). The summed E-state index contributed by atoms with van der Waals surface area (Å²) < 4.78 is 34.3. The lowest BCUT2D eigenvalue weighted by Gasteiger charge is -2.19. The highest BCUT2D eigenvalue weighted by Gasteiger charge is 2.14. The van der Waals surface area contributed by atoms with Crippen LogP contribution in [0.4, 0.5) is 19.3 Å². The molecular weight excluding hydrogens is 342 g/mol. The third-order valence-electron chi connectivity index (χ3n) is 3.83. The normalized spacial score (nSPS) is 10.5. The van der Waals surface area contributed by atoms with Crippen molar-refractivity contribution in [2.75, 3.05) is 19.5 Å². The largest absolute Gasteiger partial charge is 0.493 e. The van der Waals surface area contributed by atoms with Crippen LogP contribution >= 0.6 is 0 Å². The fourth-order valence-electron chi connectivity index (χ4n) is 2.39. The number of carbonyl (C=O) groups excluding carboxylic acids is 1. The van der Waals surface area contributed by atoms with E-state index in [2.05, 4.69) is 17.0 Å². The summed E-state index contributed by atoms with van der Waals surface area (Å²) in [7, 11) is 3.01. The summed E-state index contributed by atoms with van der Waals surface area (Å²) in [6, 6.07) is 12.0. The van der Waals surface area contributed by atoms with E-state index in [0.29, 0.717) is 12.2 Å². The lowest BCUT2D eigenvalue weighted by molar-refractivity contribution is -0.0511. The van der Waals surface area contributed by atoms with Gasteiger partial charge in [-0.2, -0.15) is 8.78 Å². The van der Waals surface area contributed by atoms with Gasteiger partial charge in [0.25, 0.3) is 0 Å². The average molecular weight is 364 g/mol. The van der Waals surface area contributed by atoms with E-state index in [9.17, 15) is 13.6 Å². The number of aryl methyl sites for hydroxylation is 1. The Morgan fingerprint density at radius 2 is 1.77 bits per heavy atom. The highest BCUT2D eigenvalue weighted by Crippen LogP contribution is 2.31. The molecule has 0 atom stereocenters. The van der Waals surface area contributed by atoms with Gasteiger partial charge in [0.1, 0.15) is 0 Å². The van der Waals surface area contributed by atoms with Gasteiger partial charge >= 0.3 is 12.6 Å². The molecule has 0 saturated carbocycles. The number of hydrogen-bond donors (Lipinski definition) is 1. The van der Waals surface area contributed by atoms with Crippen LogP contribution in [0.1, 0.15) is 18.1 Å². The molecule has 0 heterocycles. The first-order valence-electron chi connectivity index (χ1n) is 8.15. The van der Waals surface area contributed by atoms with Gasteiger partial charge in [-0.3, -0.25) is 0 Å². The molecule has 0 aliphatic rings. The first-order chi connectivity index (χ1) is 12.4. The molecule has 0 unspecified atom stereocenters. The number of halogens is 2. The van der Waals surface area contributed by atoms with E-state index in [4.69, 9.17) is 4.74 Å². The molecule has 2 amide bonds. The Morgan fingerprint density at radius 1 is 1.12 bits per heavy atom. The van der Waals surface area contributed by atoms with Crippen molar-refractivity contribution in [2.45, 2.75) is 26.5 Å². The number of nitrogens with one attached hydrogen (secondary N) is 1. The number of anilines is 1. The van der Waals surface area contributed by atoms with Gasteiger partial charge in [0.2, 0.25) is 0 Å². The first-order valence-corrected chi connectivity index (χ1v) is 8.15. The van der Waals surface area contributed by atoms with Crippen LogP contribution in [0, 0.1) is 0 Å². The van der Waals surface area contributed by atoms with E-state index in [-0.39, 0.29) is 17.5 Å². The maximum atomic E-state index is 12.5. The SMILES string of the molecule is CCc1ccc(CN(C)C(=O)Nc2ccc(OC)c(OC(F)F)c2)cc1. The van der Waals surface area contributed by atoms with Crippen molar-refractivity contribution < 1.29 is 23.0 Å². The van der Waals surface area contributed by atoms with Gasteiger partial charge in [-0.15, -0.1) is 0 Å². The third kappa shape index (κ3) is 5.34. The lowest BCUT2D eigenvalue weighted by Crippen LogP contribution is -2.30. The molecule has 140 valence electrons. The zero-order valence-electron chi connectivity index (χ0n) is 15.0. The lowest BCUT2D eigenvalue weighted by atomic mass is 10.1. The second kappa shape index (κ2) is 9.03. The van der Waals surface area contributed by atoms with Crippen molar-refractivity contribution in [2.24, 2.45) is 0 Å². The number of nitrogens with zero attached hydrogens (tertiary/aromatic N) is 1. The average Bonchev–Trinajstić information content (AvgIpc) is 2.62.